The molecule has 0 aromatic heterocycles. The van der Waals surface area contributed by atoms with Gasteiger partial charge in [0.25, 0.3) is 0 Å². The molecule has 0 spiro atoms. The van der Waals surface area contributed by atoms with Gasteiger partial charge in [-0.3, -0.25) is 9.10 Å². The van der Waals surface area contributed by atoms with Gasteiger partial charge in [0.1, 0.15) is 6.54 Å². The Hall–Kier alpha value is -2.10. The van der Waals surface area contributed by atoms with Crippen molar-refractivity contribution in [1.29, 1.82) is 0 Å². The van der Waals surface area contributed by atoms with E-state index in [9.17, 15) is 21.6 Å². The number of hydrogen-bond donors (Lipinski definition) is 1. The summed E-state index contributed by atoms with van der Waals surface area (Å²) in [6.07, 6.45) is 2.12. The van der Waals surface area contributed by atoms with Gasteiger partial charge in [0.2, 0.25) is 15.9 Å². The first-order chi connectivity index (χ1) is 12.9. The molecule has 2 aromatic rings. The Morgan fingerprint density at radius 2 is 1.68 bits per heavy atom. The molecule has 152 valence electrons. The summed E-state index contributed by atoms with van der Waals surface area (Å²) < 4.78 is 48.2. The number of hydrogen-bond acceptors (Lipinski definition) is 5. The fraction of sp³-hybridized carbons (Fsp3) is 0.278. The van der Waals surface area contributed by atoms with Gasteiger partial charge >= 0.3 is 0 Å². The molecule has 0 aliphatic carbocycles. The van der Waals surface area contributed by atoms with E-state index in [-0.39, 0.29) is 10.6 Å². The Morgan fingerprint density at radius 1 is 1.07 bits per heavy atom. The molecule has 1 amide bonds. The van der Waals surface area contributed by atoms with Gasteiger partial charge in [0.15, 0.2) is 9.84 Å². The van der Waals surface area contributed by atoms with Gasteiger partial charge in [-0.05, 0) is 42.8 Å². The third kappa shape index (κ3) is 5.95. The van der Waals surface area contributed by atoms with E-state index in [1.54, 1.807) is 37.3 Å². The van der Waals surface area contributed by atoms with E-state index in [2.05, 4.69) is 5.32 Å². The normalized spacial score (nSPS) is 13.0. The van der Waals surface area contributed by atoms with E-state index in [1.807, 2.05) is 0 Å². The van der Waals surface area contributed by atoms with Crippen molar-refractivity contribution in [1.82, 2.24) is 5.32 Å². The number of nitrogens with zero attached hydrogens (tertiary/aromatic N) is 1. The van der Waals surface area contributed by atoms with Crippen molar-refractivity contribution in [3.63, 3.8) is 0 Å². The Balaban J connectivity index is 2.14. The van der Waals surface area contributed by atoms with E-state index >= 15 is 0 Å². The van der Waals surface area contributed by atoms with E-state index in [0.29, 0.717) is 10.6 Å². The van der Waals surface area contributed by atoms with Gasteiger partial charge < -0.3 is 5.32 Å². The number of amides is 1. The standard InChI is InChI=1S/C18H21ClN2O5S2/c1-13(14-7-9-17(10-8-14)27(2,23)24)20-18(22)12-21(28(3,25)26)16-6-4-5-15(19)11-16/h4-11,13H,12H2,1-3H3,(H,20,22)/t13-/m1/s1. The predicted molar refractivity (Wildman–Crippen MR) is 110 cm³/mol. The van der Waals surface area contributed by atoms with Crippen LogP contribution in [0.2, 0.25) is 5.02 Å². The number of sulfonamides is 1. The largest absolute Gasteiger partial charge is 0.348 e. The summed E-state index contributed by atoms with van der Waals surface area (Å²) >= 11 is 5.92. The van der Waals surface area contributed by atoms with Crippen molar-refractivity contribution in [2.75, 3.05) is 23.4 Å². The number of carbonyl (C=O) groups excluding carboxylic acids is 1. The average molecular weight is 445 g/mol. The molecule has 2 aromatic carbocycles. The lowest BCUT2D eigenvalue weighted by molar-refractivity contribution is -0.120. The predicted octanol–water partition coefficient (Wildman–Crippen LogP) is 2.39. The van der Waals surface area contributed by atoms with Crippen molar-refractivity contribution >= 4 is 43.1 Å². The molecule has 0 unspecified atom stereocenters. The van der Waals surface area contributed by atoms with E-state index in [0.717, 1.165) is 16.8 Å². The number of carbonyl (C=O) groups is 1. The zero-order valence-corrected chi connectivity index (χ0v) is 18.0. The van der Waals surface area contributed by atoms with Crippen LogP contribution in [-0.4, -0.2) is 41.8 Å². The Bertz CT molecular complexity index is 1070. The van der Waals surface area contributed by atoms with Crippen LogP contribution in [0.5, 0.6) is 0 Å². The highest BCUT2D eigenvalue weighted by Crippen LogP contribution is 2.22. The molecule has 0 heterocycles. The van der Waals surface area contributed by atoms with Crippen molar-refractivity contribution < 1.29 is 21.6 Å². The fourth-order valence-electron chi connectivity index (χ4n) is 2.54. The summed E-state index contributed by atoms with van der Waals surface area (Å²) in [6, 6.07) is 11.9. The zero-order valence-electron chi connectivity index (χ0n) is 15.6. The van der Waals surface area contributed by atoms with Crippen LogP contribution >= 0.6 is 11.6 Å². The van der Waals surface area contributed by atoms with Crippen molar-refractivity contribution in [3.05, 3.63) is 59.1 Å². The van der Waals surface area contributed by atoms with Gasteiger partial charge in [0.05, 0.1) is 22.9 Å². The van der Waals surface area contributed by atoms with Gasteiger partial charge in [-0.1, -0.05) is 29.8 Å². The number of halogens is 1. The number of rotatable bonds is 7. The first-order valence-corrected chi connectivity index (χ1v) is 12.3. The lowest BCUT2D eigenvalue weighted by atomic mass is 10.1. The average Bonchev–Trinajstić information content (AvgIpc) is 2.58. The van der Waals surface area contributed by atoms with Crippen LogP contribution in [0.4, 0.5) is 5.69 Å². The molecule has 2 rings (SSSR count). The van der Waals surface area contributed by atoms with Crippen LogP contribution in [0.15, 0.2) is 53.4 Å². The molecular weight excluding hydrogens is 424 g/mol. The maximum atomic E-state index is 12.4. The quantitative estimate of drug-likeness (QED) is 0.706. The lowest BCUT2D eigenvalue weighted by Gasteiger charge is -2.23. The summed E-state index contributed by atoms with van der Waals surface area (Å²) in [5, 5.41) is 3.07. The highest BCUT2D eigenvalue weighted by molar-refractivity contribution is 7.92. The smallest absolute Gasteiger partial charge is 0.241 e. The molecule has 0 aliphatic heterocycles. The van der Waals surface area contributed by atoms with Crippen LogP contribution in [-0.2, 0) is 24.7 Å². The molecular formula is C18H21ClN2O5S2. The van der Waals surface area contributed by atoms with Gasteiger partial charge in [-0.25, -0.2) is 16.8 Å². The molecule has 1 N–H and O–H groups in total. The molecule has 0 radical (unpaired) electrons. The van der Waals surface area contributed by atoms with Crippen molar-refractivity contribution in [2.45, 2.75) is 17.9 Å². The van der Waals surface area contributed by atoms with Gasteiger partial charge in [-0.15, -0.1) is 0 Å². The summed E-state index contributed by atoms with van der Waals surface area (Å²) in [5.41, 5.74) is 0.977. The summed E-state index contributed by atoms with van der Waals surface area (Å²) in [7, 11) is -7.01. The molecule has 0 saturated carbocycles. The second-order valence-corrected chi connectivity index (χ2v) is 10.7. The molecule has 0 bridgehead atoms. The minimum Gasteiger partial charge on any atom is -0.348 e. The van der Waals surface area contributed by atoms with Crippen LogP contribution < -0.4 is 9.62 Å². The highest BCUT2D eigenvalue weighted by atomic mass is 35.5. The molecule has 10 heteroatoms. The first-order valence-electron chi connectivity index (χ1n) is 8.20. The van der Waals surface area contributed by atoms with Gasteiger partial charge in [0, 0.05) is 11.3 Å². The molecule has 7 nitrogen and oxygen atoms in total. The van der Waals surface area contributed by atoms with Crippen LogP contribution in [0.3, 0.4) is 0 Å². The minimum absolute atomic E-state index is 0.180. The molecule has 0 fully saturated rings. The molecule has 28 heavy (non-hydrogen) atoms. The summed E-state index contributed by atoms with van der Waals surface area (Å²) in [4.78, 5) is 12.6. The Kier molecular flexibility index (Phi) is 6.74. The Morgan fingerprint density at radius 3 is 2.18 bits per heavy atom. The maximum Gasteiger partial charge on any atom is 0.241 e. The third-order valence-corrected chi connectivity index (χ3v) is 6.47. The SMILES string of the molecule is C[C@@H](NC(=O)CN(c1cccc(Cl)c1)S(C)(=O)=O)c1ccc(S(C)(=O)=O)cc1. The molecule has 0 aliphatic rings. The van der Waals surface area contributed by atoms with E-state index < -0.39 is 38.4 Å². The van der Waals surface area contributed by atoms with Crippen LogP contribution in [0.25, 0.3) is 0 Å². The summed E-state index contributed by atoms with van der Waals surface area (Å²) in [6.45, 7) is 1.31. The third-order valence-electron chi connectivity index (χ3n) is 3.97. The van der Waals surface area contributed by atoms with Crippen LogP contribution in [0.1, 0.15) is 18.5 Å². The van der Waals surface area contributed by atoms with Crippen molar-refractivity contribution in [2.24, 2.45) is 0 Å². The van der Waals surface area contributed by atoms with Crippen LogP contribution in [0, 0.1) is 0 Å². The van der Waals surface area contributed by atoms with Crippen molar-refractivity contribution in [3.8, 4) is 0 Å². The van der Waals surface area contributed by atoms with Gasteiger partial charge in [-0.2, -0.15) is 0 Å². The highest BCUT2D eigenvalue weighted by Gasteiger charge is 2.22. The maximum absolute atomic E-state index is 12.4. The van der Waals surface area contributed by atoms with E-state index in [4.69, 9.17) is 11.6 Å². The zero-order chi connectivity index (χ0) is 21.1. The molecule has 1 atom stereocenters. The second-order valence-electron chi connectivity index (χ2n) is 6.38. The first kappa shape index (κ1) is 22.2. The topological polar surface area (TPSA) is 101 Å². The Labute approximate surface area is 170 Å². The number of nitrogens with one attached hydrogen (secondary N) is 1. The van der Waals surface area contributed by atoms with E-state index in [1.165, 1.54) is 18.2 Å². The second kappa shape index (κ2) is 8.50. The summed E-state index contributed by atoms with van der Waals surface area (Å²) in [5.74, 6) is -0.509. The monoisotopic (exact) mass is 444 g/mol. The number of benzene rings is 2. The fourth-order valence-corrected chi connectivity index (χ4v) is 4.20. The molecule has 0 saturated heterocycles. The lowest BCUT2D eigenvalue weighted by Crippen LogP contribution is -2.41. The minimum atomic E-state index is -3.71. The number of sulfone groups is 1. The number of anilines is 1.